The monoisotopic (exact) mass is 326 g/mol. The molecule has 0 saturated carbocycles. The lowest BCUT2D eigenvalue weighted by Gasteiger charge is -2.16. The van der Waals surface area contributed by atoms with Crippen molar-refractivity contribution in [2.45, 2.75) is 20.3 Å². The Hall–Kier alpha value is -2.37. The Morgan fingerprint density at radius 3 is 2.39 bits per heavy atom. The minimum absolute atomic E-state index is 0.0231. The first-order chi connectivity index (χ1) is 11.0. The van der Waals surface area contributed by atoms with Gasteiger partial charge >= 0.3 is 0 Å². The Bertz CT molecular complexity index is 702. The lowest BCUT2D eigenvalue weighted by molar-refractivity contribution is 0.260. The van der Waals surface area contributed by atoms with Gasteiger partial charge in [-0.15, -0.1) is 0 Å². The van der Waals surface area contributed by atoms with Crippen molar-refractivity contribution < 1.29 is 27.8 Å². The third kappa shape index (κ3) is 3.36. The molecule has 0 aliphatic rings. The second kappa shape index (κ2) is 7.26. The topological polar surface area (TPSA) is 38.7 Å². The molecule has 1 N–H and O–H groups in total. The Labute approximate surface area is 132 Å². The van der Waals surface area contributed by atoms with Gasteiger partial charge in [-0.3, -0.25) is 0 Å². The van der Waals surface area contributed by atoms with E-state index in [0.29, 0.717) is 6.42 Å². The molecular weight excluding hydrogens is 309 g/mol. The van der Waals surface area contributed by atoms with Gasteiger partial charge in [0.15, 0.2) is 23.1 Å². The average Bonchev–Trinajstić information content (AvgIpc) is 2.53. The zero-order valence-corrected chi connectivity index (χ0v) is 12.8. The maximum atomic E-state index is 14.4. The second-order valence-corrected chi connectivity index (χ2v) is 4.80. The summed E-state index contributed by atoms with van der Waals surface area (Å²) in [5, 5.41) is 10.0. The van der Waals surface area contributed by atoms with Crippen LogP contribution in [-0.2, 0) is 0 Å². The number of aromatic hydroxyl groups is 1. The summed E-state index contributed by atoms with van der Waals surface area (Å²) < 4.78 is 52.3. The third-order valence-corrected chi connectivity index (χ3v) is 3.15. The van der Waals surface area contributed by atoms with Crippen molar-refractivity contribution in [3.8, 4) is 28.4 Å². The highest BCUT2D eigenvalue weighted by Crippen LogP contribution is 2.44. The molecule has 0 heterocycles. The molecule has 0 spiro atoms. The van der Waals surface area contributed by atoms with Gasteiger partial charge in [0.05, 0.1) is 13.2 Å². The lowest BCUT2D eigenvalue weighted by atomic mass is 10.0. The number of halogens is 3. The highest BCUT2D eigenvalue weighted by molar-refractivity contribution is 5.75. The van der Waals surface area contributed by atoms with Crippen molar-refractivity contribution in [2.24, 2.45) is 0 Å². The molecular formula is C17H17F3O3. The molecule has 0 fully saturated rings. The first-order valence-corrected chi connectivity index (χ1v) is 7.26. The van der Waals surface area contributed by atoms with Crippen molar-refractivity contribution in [3.63, 3.8) is 0 Å². The van der Waals surface area contributed by atoms with E-state index in [0.717, 1.165) is 6.07 Å². The molecule has 0 amide bonds. The van der Waals surface area contributed by atoms with Gasteiger partial charge in [0.1, 0.15) is 0 Å². The molecule has 0 atom stereocenters. The standard InChI is InChI=1S/C17H17F3O3/c1-3-8-23-17-13(22-4-2)9-11(16(21)15(17)20)10-6-5-7-12(18)14(10)19/h5-7,9,21H,3-4,8H2,1-2H3. The zero-order valence-electron chi connectivity index (χ0n) is 12.8. The van der Waals surface area contributed by atoms with Gasteiger partial charge in [-0.1, -0.05) is 19.1 Å². The van der Waals surface area contributed by atoms with Crippen molar-refractivity contribution in [2.75, 3.05) is 13.2 Å². The van der Waals surface area contributed by atoms with Crippen LogP contribution in [0.2, 0.25) is 0 Å². The molecule has 0 bridgehead atoms. The van der Waals surface area contributed by atoms with Gasteiger partial charge in [-0.05, 0) is 25.5 Å². The number of ether oxygens (including phenoxy) is 2. The molecule has 23 heavy (non-hydrogen) atoms. The highest BCUT2D eigenvalue weighted by atomic mass is 19.2. The summed E-state index contributed by atoms with van der Waals surface area (Å²) in [7, 11) is 0. The molecule has 0 aliphatic carbocycles. The van der Waals surface area contributed by atoms with Crippen molar-refractivity contribution in [3.05, 3.63) is 41.7 Å². The van der Waals surface area contributed by atoms with Gasteiger partial charge in [-0.2, -0.15) is 4.39 Å². The van der Waals surface area contributed by atoms with Gasteiger partial charge < -0.3 is 14.6 Å². The molecule has 2 rings (SSSR count). The molecule has 0 aromatic heterocycles. The van der Waals surface area contributed by atoms with Crippen LogP contribution in [0.15, 0.2) is 24.3 Å². The average molecular weight is 326 g/mol. The van der Waals surface area contributed by atoms with E-state index < -0.39 is 23.2 Å². The van der Waals surface area contributed by atoms with E-state index >= 15 is 0 Å². The van der Waals surface area contributed by atoms with Crippen LogP contribution >= 0.6 is 0 Å². The Morgan fingerprint density at radius 2 is 1.74 bits per heavy atom. The minimum atomic E-state index is -1.17. The fraction of sp³-hybridized carbons (Fsp3) is 0.294. The summed E-state index contributed by atoms with van der Waals surface area (Å²) in [4.78, 5) is 0. The van der Waals surface area contributed by atoms with Crippen molar-refractivity contribution in [1.29, 1.82) is 0 Å². The van der Waals surface area contributed by atoms with E-state index in [1.807, 2.05) is 6.92 Å². The molecule has 6 heteroatoms. The Kier molecular flexibility index (Phi) is 5.36. The number of hydrogen-bond acceptors (Lipinski definition) is 3. The van der Waals surface area contributed by atoms with Gasteiger partial charge in [0.25, 0.3) is 0 Å². The number of rotatable bonds is 6. The molecule has 0 radical (unpaired) electrons. The number of benzene rings is 2. The maximum Gasteiger partial charge on any atom is 0.211 e. The Morgan fingerprint density at radius 1 is 1.00 bits per heavy atom. The predicted molar refractivity (Wildman–Crippen MR) is 80.4 cm³/mol. The first kappa shape index (κ1) is 17.0. The molecule has 0 aliphatic heterocycles. The highest BCUT2D eigenvalue weighted by Gasteiger charge is 2.23. The number of hydrogen-bond donors (Lipinski definition) is 1. The smallest absolute Gasteiger partial charge is 0.211 e. The van der Waals surface area contributed by atoms with Crippen LogP contribution < -0.4 is 9.47 Å². The predicted octanol–water partition coefficient (Wildman–Crippen LogP) is 4.66. The summed E-state index contributed by atoms with van der Waals surface area (Å²) in [6.45, 7) is 3.98. The van der Waals surface area contributed by atoms with Gasteiger partial charge in [0.2, 0.25) is 11.6 Å². The van der Waals surface area contributed by atoms with Gasteiger partial charge in [0, 0.05) is 11.1 Å². The molecule has 3 nitrogen and oxygen atoms in total. The van der Waals surface area contributed by atoms with Gasteiger partial charge in [-0.25, -0.2) is 8.78 Å². The van der Waals surface area contributed by atoms with E-state index in [1.54, 1.807) is 6.92 Å². The molecule has 2 aromatic carbocycles. The summed E-state index contributed by atoms with van der Waals surface area (Å²) >= 11 is 0. The molecule has 0 unspecified atom stereocenters. The minimum Gasteiger partial charge on any atom is -0.504 e. The first-order valence-electron chi connectivity index (χ1n) is 7.26. The van der Waals surface area contributed by atoms with E-state index in [1.165, 1.54) is 18.2 Å². The van der Waals surface area contributed by atoms with Crippen LogP contribution in [0.25, 0.3) is 11.1 Å². The Balaban J connectivity index is 2.63. The SMILES string of the molecule is CCCOc1c(OCC)cc(-c2cccc(F)c2F)c(O)c1F. The fourth-order valence-electron chi connectivity index (χ4n) is 2.12. The fourth-order valence-corrected chi connectivity index (χ4v) is 2.12. The summed E-state index contributed by atoms with van der Waals surface area (Å²) in [6.07, 6.45) is 0.631. The van der Waals surface area contributed by atoms with E-state index in [-0.39, 0.29) is 35.8 Å². The summed E-state index contributed by atoms with van der Waals surface area (Å²) in [5.74, 6) is -4.37. The van der Waals surface area contributed by atoms with Crippen LogP contribution in [0, 0.1) is 17.5 Å². The number of phenolic OH excluding ortho intramolecular Hbond substituents is 1. The zero-order chi connectivity index (χ0) is 17.0. The maximum absolute atomic E-state index is 14.4. The molecule has 124 valence electrons. The molecule has 0 saturated heterocycles. The third-order valence-electron chi connectivity index (χ3n) is 3.15. The summed E-state index contributed by atoms with van der Waals surface area (Å²) in [6, 6.07) is 4.70. The van der Waals surface area contributed by atoms with Crippen molar-refractivity contribution >= 4 is 0 Å². The van der Waals surface area contributed by atoms with Crippen LogP contribution in [0.5, 0.6) is 17.2 Å². The normalized spacial score (nSPS) is 10.7. The van der Waals surface area contributed by atoms with Crippen LogP contribution in [-0.4, -0.2) is 18.3 Å². The van der Waals surface area contributed by atoms with Crippen LogP contribution in [0.4, 0.5) is 13.2 Å². The lowest BCUT2D eigenvalue weighted by Crippen LogP contribution is -2.03. The second-order valence-electron chi connectivity index (χ2n) is 4.80. The summed E-state index contributed by atoms with van der Waals surface area (Å²) in [5.41, 5.74) is -0.462. The van der Waals surface area contributed by atoms with E-state index in [9.17, 15) is 18.3 Å². The number of phenols is 1. The largest absolute Gasteiger partial charge is 0.504 e. The molecule has 2 aromatic rings. The quantitative estimate of drug-likeness (QED) is 0.839. The van der Waals surface area contributed by atoms with Crippen LogP contribution in [0.1, 0.15) is 20.3 Å². The van der Waals surface area contributed by atoms with E-state index in [4.69, 9.17) is 9.47 Å². The van der Waals surface area contributed by atoms with E-state index in [2.05, 4.69) is 0 Å². The van der Waals surface area contributed by atoms with Crippen LogP contribution in [0.3, 0.4) is 0 Å². The van der Waals surface area contributed by atoms with Crippen molar-refractivity contribution in [1.82, 2.24) is 0 Å².